The van der Waals surface area contributed by atoms with Gasteiger partial charge in [-0.05, 0) is 91.4 Å². The summed E-state index contributed by atoms with van der Waals surface area (Å²) in [6, 6.07) is 5.96. The monoisotopic (exact) mass is 416 g/mol. The summed E-state index contributed by atoms with van der Waals surface area (Å²) in [5.74, 6) is 2.49. The minimum Gasteiger partial charge on any atom is -0.508 e. The Kier molecular flexibility index (Phi) is 8.23. The summed E-state index contributed by atoms with van der Waals surface area (Å²) in [6.07, 6.45) is 14.1. The Balaban J connectivity index is 0.000000220. The lowest BCUT2D eigenvalue weighted by molar-refractivity contribution is -0.0226. The van der Waals surface area contributed by atoms with E-state index in [1.165, 1.54) is 62.5 Å². The van der Waals surface area contributed by atoms with Crippen LogP contribution >= 0.6 is 0 Å². The molecule has 0 radical (unpaired) electrons. The van der Waals surface area contributed by atoms with Crippen LogP contribution in [0.1, 0.15) is 102 Å². The second-order valence-electron chi connectivity index (χ2n) is 10.3. The first-order valence-electron chi connectivity index (χ1n) is 12.4. The van der Waals surface area contributed by atoms with E-state index in [-0.39, 0.29) is 17.7 Å². The Morgan fingerprint density at radius 1 is 1.07 bits per heavy atom. The van der Waals surface area contributed by atoms with Crippen molar-refractivity contribution < 1.29 is 10.2 Å². The van der Waals surface area contributed by atoms with Crippen LogP contribution in [0.3, 0.4) is 0 Å². The maximum absolute atomic E-state index is 10.4. The fourth-order valence-corrected chi connectivity index (χ4v) is 6.52. The molecule has 3 aliphatic rings. The van der Waals surface area contributed by atoms with Gasteiger partial charge in [-0.3, -0.25) is 0 Å². The van der Waals surface area contributed by atoms with Gasteiger partial charge in [0.05, 0.1) is 12.3 Å². The summed E-state index contributed by atoms with van der Waals surface area (Å²) >= 11 is 0. The predicted molar refractivity (Wildman–Crippen MR) is 124 cm³/mol. The summed E-state index contributed by atoms with van der Waals surface area (Å²) in [7, 11) is 0. The number of aliphatic hydroxyl groups excluding tert-OH is 1. The zero-order valence-electron chi connectivity index (χ0n) is 19.2. The molecule has 0 amide bonds. The molecule has 2 fully saturated rings. The molecule has 1 aromatic carbocycles. The highest BCUT2D eigenvalue weighted by atomic mass is 16.3. The van der Waals surface area contributed by atoms with Crippen LogP contribution in [0.25, 0.3) is 0 Å². The van der Waals surface area contributed by atoms with Gasteiger partial charge in [0.15, 0.2) is 0 Å². The van der Waals surface area contributed by atoms with Crippen molar-refractivity contribution >= 4 is 0 Å². The van der Waals surface area contributed by atoms with Gasteiger partial charge in [-0.1, -0.05) is 52.0 Å². The van der Waals surface area contributed by atoms with Crippen LogP contribution < -0.4 is 11.5 Å². The second kappa shape index (κ2) is 10.5. The number of aryl methyl sites for hydroxylation is 1. The number of phenols is 1. The van der Waals surface area contributed by atoms with Crippen molar-refractivity contribution in [3.8, 4) is 5.75 Å². The summed E-state index contributed by atoms with van der Waals surface area (Å²) in [4.78, 5) is 0. The molecule has 1 aromatic rings. The van der Waals surface area contributed by atoms with E-state index in [1.807, 2.05) is 12.1 Å². The van der Waals surface area contributed by atoms with Gasteiger partial charge < -0.3 is 21.7 Å². The lowest BCUT2D eigenvalue weighted by atomic mass is 9.55. The van der Waals surface area contributed by atoms with Crippen molar-refractivity contribution in [3.63, 3.8) is 0 Å². The van der Waals surface area contributed by atoms with Gasteiger partial charge in [-0.2, -0.15) is 0 Å². The molecule has 0 bridgehead atoms. The van der Waals surface area contributed by atoms with Crippen LogP contribution in [-0.2, 0) is 6.42 Å². The molecule has 170 valence electrons. The Labute approximate surface area is 183 Å². The molecule has 0 heterocycles. The topological polar surface area (TPSA) is 92.5 Å². The van der Waals surface area contributed by atoms with E-state index in [1.54, 1.807) is 0 Å². The number of hydrogen-bond acceptors (Lipinski definition) is 4. The molecule has 30 heavy (non-hydrogen) atoms. The highest BCUT2D eigenvalue weighted by molar-refractivity contribution is 5.40. The Morgan fingerprint density at radius 3 is 2.57 bits per heavy atom. The minimum absolute atomic E-state index is 0.0883. The van der Waals surface area contributed by atoms with E-state index in [9.17, 15) is 10.2 Å². The maximum atomic E-state index is 10.4. The zero-order valence-corrected chi connectivity index (χ0v) is 19.2. The number of fused-ring (bicyclic) bond motifs is 5. The molecule has 4 heteroatoms. The van der Waals surface area contributed by atoms with Gasteiger partial charge in [0.25, 0.3) is 0 Å². The molecule has 4 rings (SSSR count). The van der Waals surface area contributed by atoms with E-state index >= 15 is 0 Å². The molecule has 0 aliphatic heterocycles. The molecule has 2 saturated carbocycles. The van der Waals surface area contributed by atoms with Crippen LogP contribution in [0.4, 0.5) is 0 Å². The third-order valence-electron chi connectivity index (χ3n) is 8.30. The average molecular weight is 417 g/mol. The number of nitrogens with two attached hydrogens (primary N) is 2. The SMILES string of the molecule is CCCCCCCC(N)N.C[C@]12CC[C@@H]3c4ccc(O)cc4CC[C@H]3[C@@H]1CCC2O. The van der Waals surface area contributed by atoms with Crippen LogP contribution in [0, 0.1) is 17.3 Å². The minimum atomic E-state index is -0.0957. The molecular weight excluding hydrogens is 372 g/mol. The summed E-state index contributed by atoms with van der Waals surface area (Å²) < 4.78 is 0. The molecule has 0 saturated heterocycles. The first kappa shape index (κ1) is 23.6. The maximum Gasteiger partial charge on any atom is 0.115 e. The molecule has 0 spiro atoms. The Hall–Kier alpha value is -1.10. The highest BCUT2D eigenvalue weighted by Crippen LogP contribution is 2.60. The van der Waals surface area contributed by atoms with Crippen molar-refractivity contribution in [1.82, 2.24) is 0 Å². The third-order valence-corrected chi connectivity index (χ3v) is 8.30. The normalized spacial score (nSPS) is 32.1. The van der Waals surface area contributed by atoms with E-state index < -0.39 is 0 Å². The predicted octanol–water partition coefficient (Wildman–Crippen LogP) is 5.20. The second-order valence-corrected chi connectivity index (χ2v) is 10.3. The quantitative estimate of drug-likeness (QED) is 0.379. The van der Waals surface area contributed by atoms with Gasteiger partial charge in [-0.25, -0.2) is 0 Å². The third kappa shape index (κ3) is 5.20. The van der Waals surface area contributed by atoms with Gasteiger partial charge in [0, 0.05) is 0 Å². The number of hydrogen-bond donors (Lipinski definition) is 4. The summed E-state index contributed by atoms with van der Waals surface area (Å²) in [5.41, 5.74) is 13.8. The number of phenolic OH excluding ortho intramolecular Hbond substituents is 1. The van der Waals surface area contributed by atoms with Gasteiger partial charge >= 0.3 is 0 Å². The summed E-state index contributed by atoms with van der Waals surface area (Å²) in [6.45, 7) is 4.53. The summed E-state index contributed by atoms with van der Waals surface area (Å²) in [5, 5.41) is 20.0. The standard InChI is InChI=1S/C18H24O2.C8H20N2/c1-18-9-8-14-13-5-3-12(19)10-11(13)2-4-15(14)16(18)6-7-17(18)20;1-2-3-4-5-6-7-8(9)10/h3,5,10,14-17,19-20H,2,4,6-9H2,1H3;8H,2-7,9-10H2,1H3/t14-,15-,16+,17?,18+;/m1./s1. The lowest BCUT2D eigenvalue weighted by Gasteiger charge is -2.50. The number of rotatable bonds is 6. The Morgan fingerprint density at radius 2 is 1.83 bits per heavy atom. The van der Waals surface area contributed by atoms with Crippen LogP contribution in [-0.4, -0.2) is 22.5 Å². The lowest BCUT2D eigenvalue weighted by Crippen LogP contribution is -2.43. The number of aromatic hydroxyl groups is 1. The molecule has 4 nitrogen and oxygen atoms in total. The first-order valence-corrected chi connectivity index (χ1v) is 12.4. The van der Waals surface area contributed by atoms with Crippen molar-refractivity contribution in [1.29, 1.82) is 0 Å². The fraction of sp³-hybridized carbons (Fsp3) is 0.769. The fourth-order valence-electron chi connectivity index (χ4n) is 6.52. The van der Waals surface area contributed by atoms with Gasteiger partial charge in [0.2, 0.25) is 0 Å². The number of benzene rings is 1. The zero-order chi connectivity index (χ0) is 21.7. The van der Waals surface area contributed by atoms with E-state index in [0.29, 0.717) is 17.6 Å². The van der Waals surface area contributed by atoms with E-state index in [2.05, 4.69) is 19.9 Å². The Bertz CT molecular complexity index is 677. The van der Waals surface area contributed by atoms with Crippen molar-refractivity contribution in [2.75, 3.05) is 0 Å². The molecule has 0 aromatic heterocycles. The molecular formula is C26H44N2O2. The van der Waals surface area contributed by atoms with Crippen molar-refractivity contribution in [2.24, 2.45) is 28.7 Å². The van der Waals surface area contributed by atoms with E-state index in [4.69, 9.17) is 11.5 Å². The van der Waals surface area contributed by atoms with Crippen LogP contribution in [0.5, 0.6) is 5.75 Å². The first-order chi connectivity index (χ1) is 14.4. The van der Waals surface area contributed by atoms with E-state index in [0.717, 1.165) is 31.6 Å². The van der Waals surface area contributed by atoms with Crippen LogP contribution in [0.15, 0.2) is 18.2 Å². The van der Waals surface area contributed by atoms with Gasteiger partial charge in [0.1, 0.15) is 5.75 Å². The van der Waals surface area contributed by atoms with Crippen molar-refractivity contribution in [2.45, 2.75) is 109 Å². The molecule has 6 N–H and O–H groups in total. The largest absolute Gasteiger partial charge is 0.508 e. The average Bonchev–Trinajstić information content (AvgIpc) is 3.02. The van der Waals surface area contributed by atoms with Gasteiger partial charge in [-0.15, -0.1) is 0 Å². The van der Waals surface area contributed by atoms with Crippen molar-refractivity contribution in [3.05, 3.63) is 29.3 Å². The number of aliphatic hydroxyl groups is 1. The molecule has 3 aliphatic carbocycles. The molecule has 1 unspecified atom stereocenters. The molecule has 5 atom stereocenters. The highest BCUT2D eigenvalue weighted by Gasteiger charge is 2.54. The number of unbranched alkanes of at least 4 members (excludes halogenated alkanes) is 4. The van der Waals surface area contributed by atoms with Crippen LogP contribution in [0.2, 0.25) is 0 Å². The smallest absolute Gasteiger partial charge is 0.115 e.